The Labute approximate surface area is 247 Å². The van der Waals surface area contributed by atoms with Crippen molar-refractivity contribution >= 4 is 29.0 Å². The third kappa shape index (κ3) is 9.19. The quantitative estimate of drug-likeness (QED) is 0.248. The lowest BCUT2D eigenvalue weighted by molar-refractivity contribution is -0.149. The van der Waals surface area contributed by atoms with Crippen LogP contribution in [0.4, 0.5) is 18.0 Å². The number of hydrogen-bond acceptors (Lipinski definition) is 8. The molecule has 3 atom stereocenters. The van der Waals surface area contributed by atoms with Crippen LogP contribution >= 0.6 is 0 Å². The monoisotopic (exact) mass is 610 g/mol. The topological polar surface area (TPSA) is 140 Å². The van der Waals surface area contributed by atoms with Gasteiger partial charge < -0.3 is 29.5 Å². The van der Waals surface area contributed by atoms with E-state index in [1.54, 1.807) is 26.8 Å². The fourth-order valence-electron chi connectivity index (χ4n) is 4.65. The predicted octanol–water partition coefficient (Wildman–Crippen LogP) is 5.12. The van der Waals surface area contributed by atoms with Gasteiger partial charge in [0.15, 0.2) is 0 Å². The van der Waals surface area contributed by atoms with Crippen molar-refractivity contribution in [1.29, 1.82) is 0 Å². The lowest BCUT2D eigenvalue weighted by atomic mass is 10.1. The number of nitrogens with one attached hydrogen (secondary N) is 1. The highest BCUT2D eigenvalue weighted by atomic mass is 19.4. The molecule has 0 aliphatic carbocycles. The minimum Gasteiger partial charge on any atom is -0.497 e. The maximum Gasteiger partial charge on any atom is 0.438 e. The van der Waals surface area contributed by atoms with Crippen molar-refractivity contribution in [3.8, 4) is 11.6 Å². The summed E-state index contributed by atoms with van der Waals surface area (Å²) in [6.07, 6.45) is -2.43. The van der Waals surface area contributed by atoms with Crippen LogP contribution in [0.15, 0.2) is 30.9 Å². The first-order valence-corrected chi connectivity index (χ1v) is 13.9. The van der Waals surface area contributed by atoms with Crippen LogP contribution in [0, 0.1) is 0 Å². The number of alkyl halides is 3. The molecule has 2 aromatic rings. The van der Waals surface area contributed by atoms with Gasteiger partial charge in [-0.3, -0.25) is 4.79 Å². The molecule has 0 bridgehead atoms. The zero-order valence-electron chi connectivity index (χ0n) is 24.6. The molecule has 1 fully saturated rings. The SMILES string of the molecule is C=CCCCCCC(NC(=O)OC(C)(C)C)C(=O)N1C[C@H](Oc2nc3cc(OC)ccc3nc2C(F)(F)F)C[C@H]1C(=O)O. The molecule has 1 aromatic carbocycles. The van der Waals surface area contributed by atoms with Crippen LogP contribution in [-0.4, -0.2) is 75.4 Å². The average Bonchev–Trinajstić information content (AvgIpc) is 3.33. The number of hydrogen-bond donors (Lipinski definition) is 2. The highest BCUT2D eigenvalue weighted by Gasteiger charge is 2.45. The third-order valence-corrected chi connectivity index (χ3v) is 6.61. The van der Waals surface area contributed by atoms with Gasteiger partial charge in [-0.1, -0.05) is 18.9 Å². The molecule has 2 heterocycles. The summed E-state index contributed by atoms with van der Waals surface area (Å²) in [5, 5.41) is 12.4. The molecular weight excluding hydrogens is 573 g/mol. The van der Waals surface area contributed by atoms with Crippen LogP contribution in [0.2, 0.25) is 0 Å². The zero-order chi connectivity index (χ0) is 31.9. The van der Waals surface area contributed by atoms with Crippen molar-refractivity contribution in [3.05, 3.63) is 36.5 Å². The van der Waals surface area contributed by atoms with Gasteiger partial charge in [0.25, 0.3) is 0 Å². The zero-order valence-corrected chi connectivity index (χ0v) is 24.6. The maximum atomic E-state index is 13.9. The van der Waals surface area contributed by atoms with Gasteiger partial charge in [0.05, 0.1) is 24.7 Å². The number of aliphatic carboxylic acids is 1. The molecule has 1 aromatic heterocycles. The summed E-state index contributed by atoms with van der Waals surface area (Å²) in [7, 11) is 1.39. The number of unbranched alkanes of at least 4 members (excludes halogenated alkanes) is 3. The number of carboxylic acid groups (broad SMARTS) is 1. The van der Waals surface area contributed by atoms with Crippen molar-refractivity contribution in [1.82, 2.24) is 20.2 Å². The molecule has 1 unspecified atom stereocenters. The number of aromatic nitrogens is 2. The molecule has 1 aliphatic rings. The summed E-state index contributed by atoms with van der Waals surface area (Å²) in [5.41, 5.74) is -2.21. The molecule has 11 nitrogen and oxygen atoms in total. The number of carboxylic acids is 1. The maximum absolute atomic E-state index is 13.9. The van der Waals surface area contributed by atoms with Crippen molar-refractivity contribution in [2.45, 2.75) is 89.3 Å². The van der Waals surface area contributed by atoms with Crippen LogP contribution in [0.5, 0.6) is 11.6 Å². The van der Waals surface area contributed by atoms with Gasteiger partial charge >= 0.3 is 18.2 Å². The summed E-state index contributed by atoms with van der Waals surface area (Å²) in [6, 6.07) is 1.62. The Morgan fingerprint density at radius 3 is 2.49 bits per heavy atom. The number of ether oxygens (including phenoxy) is 3. The van der Waals surface area contributed by atoms with Gasteiger partial charge in [0.2, 0.25) is 17.5 Å². The molecule has 1 aliphatic heterocycles. The Balaban J connectivity index is 1.87. The highest BCUT2D eigenvalue weighted by Crippen LogP contribution is 2.37. The minimum absolute atomic E-state index is 0.0451. The summed E-state index contributed by atoms with van der Waals surface area (Å²) >= 11 is 0. The van der Waals surface area contributed by atoms with E-state index in [9.17, 15) is 32.7 Å². The number of allylic oxidation sites excluding steroid dienone is 1. The Kier molecular flexibility index (Phi) is 10.8. The van der Waals surface area contributed by atoms with Crippen LogP contribution in [0.1, 0.15) is 65.0 Å². The van der Waals surface area contributed by atoms with E-state index in [2.05, 4.69) is 21.9 Å². The smallest absolute Gasteiger partial charge is 0.438 e. The minimum atomic E-state index is -4.93. The van der Waals surface area contributed by atoms with Crippen molar-refractivity contribution in [3.63, 3.8) is 0 Å². The number of alkyl carbamates (subject to hydrolysis) is 1. The second kappa shape index (κ2) is 13.9. The van der Waals surface area contributed by atoms with E-state index in [1.165, 1.54) is 25.3 Å². The third-order valence-electron chi connectivity index (χ3n) is 6.61. The number of fused-ring (bicyclic) bond motifs is 1. The number of rotatable bonds is 12. The molecule has 1 saturated heterocycles. The van der Waals surface area contributed by atoms with E-state index in [1.807, 2.05) is 0 Å². The Bertz CT molecular complexity index is 1330. The molecule has 2 amide bonds. The summed E-state index contributed by atoms with van der Waals surface area (Å²) in [5.74, 6) is -2.59. The standard InChI is InChI=1S/C29H37F3N4O7/c1-6-7-8-9-10-11-20(35-27(40)43-28(2,3)4)25(37)36-16-18(15-22(36)26(38)39)42-24-23(29(30,31)32)33-19-13-12-17(41-5)14-21(19)34-24/h6,12-14,18,20,22H,1,7-11,15-16H2,2-5H3,(H,35,40)(H,38,39)/t18-,20?,22+/m1/s1. The Morgan fingerprint density at radius 2 is 1.88 bits per heavy atom. The molecule has 14 heteroatoms. The van der Waals surface area contributed by atoms with Gasteiger partial charge in [0, 0.05) is 12.5 Å². The van der Waals surface area contributed by atoms with E-state index in [-0.39, 0.29) is 30.4 Å². The molecule has 3 rings (SSSR count). The molecule has 0 saturated carbocycles. The Hall–Kier alpha value is -4.10. The number of amides is 2. The molecular formula is C29H37F3N4O7. The number of halogens is 3. The number of nitrogens with zero attached hydrogens (tertiary/aromatic N) is 3. The van der Waals surface area contributed by atoms with E-state index < -0.39 is 59.5 Å². The number of carbonyl (C=O) groups excluding carboxylic acids is 2. The molecule has 0 spiro atoms. The second-order valence-electron chi connectivity index (χ2n) is 11.2. The van der Waals surface area contributed by atoms with Gasteiger partial charge in [-0.2, -0.15) is 13.2 Å². The number of methoxy groups -OCH3 is 1. The Morgan fingerprint density at radius 1 is 1.16 bits per heavy atom. The van der Waals surface area contributed by atoms with Gasteiger partial charge in [-0.25, -0.2) is 19.6 Å². The van der Waals surface area contributed by atoms with Crippen LogP contribution in [-0.2, 0) is 20.5 Å². The van der Waals surface area contributed by atoms with Crippen molar-refractivity contribution in [2.24, 2.45) is 0 Å². The molecule has 0 radical (unpaired) electrons. The molecule has 236 valence electrons. The number of carbonyl (C=O) groups is 3. The first-order valence-electron chi connectivity index (χ1n) is 13.9. The van der Waals surface area contributed by atoms with Gasteiger partial charge in [-0.05, 0) is 52.2 Å². The average molecular weight is 611 g/mol. The number of benzene rings is 1. The lowest BCUT2D eigenvalue weighted by Crippen LogP contribution is -2.52. The normalized spacial score (nSPS) is 17.8. The van der Waals surface area contributed by atoms with Crippen LogP contribution in [0.25, 0.3) is 11.0 Å². The lowest BCUT2D eigenvalue weighted by Gasteiger charge is -2.28. The second-order valence-corrected chi connectivity index (χ2v) is 11.2. The first kappa shape index (κ1) is 33.4. The fourth-order valence-corrected chi connectivity index (χ4v) is 4.65. The van der Waals surface area contributed by atoms with Gasteiger partial charge in [0.1, 0.15) is 29.5 Å². The largest absolute Gasteiger partial charge is 0.497 e. The van der Waals surface area contributed by atoms with Crippen LogP contribution in [0.3, 0.4) is 0 Å². The van der Waals surface area contributed by atoms with E-state index in [0.29, 0.717) is 12.2 Å². The summed E-state index contributed by atoms with van der Waals surface area (Å²) in [6.45, 7) is 8.29. The molecule has 43 heavy (non-hydrogen) atoms. The summed E-state index contributed by atoms with van der Waals surface area (Å²) < 4.78 is 57.8. The van der Waals surface area contributed by atoms with E-state index in [4.69, 9.17) is 14.2 Å². The van der Waals surface area contributed by atoms with E-state index in [0.717, 1.165) is 24.2 Å². The van der Waals surface area contributed by atoms with E-state index >= 15 is 0 Å². The van der Waals surface area contributed by atoms with Crippen molar-refractivity contribution < 1.29 is 46.9 Å². The van der Waals surface area contributed by atoms with Gasteiger partial charge in [-0.15, -0.1) is 6.58 Å². The summed E-state index contributed by atoms with van der Waals surface area (Å²) in [4.78, 5) is 47.0. The predicted molar refractivity (Wildman–Crippen MR) is 150 cm³/mol. The fraction of sp³-hybridized carbons (Fsp3) is 0.552. The number of likely N-dealkylation sites (tertiary alicyclic amines) is 1. The molecule has 2 N–H and O–H groups in total. The highest BCUT2D eigenvalue weighted by molar-refractivity contribution is 5.90. The van der Waals surface area contributed by atoms with Crippen molar-refractivity contribution in [2.75, 3.05) is 13.7 Å². The van der Waals surface area contributed by atoms with Crippen LogP contribution < -0.4 is 14.8 Å². The first-order chi connectivity index (χ1) is 20.1.